The second-order valence-corrected chi connectivity index (χ2v) is 5.31. The lowest BCUT2D eigenvalue weighted by molar-refractivity contribution is 0.180. The van der Waals surface area contributed by atoms with Crippen LogP contribution in [0.25, 0.3) is 0 Å². The van der Waals surface area contributed by atoms with Gasteiger partial charge in [-0.15, -0.1) is 0 Å². The van der Waals surface area contributed by atoms with Crippen LogP contribution in [0.1, 0.15) is 29.2 Å². The van der Waals surface area contributed by atoms with E-state index in [-0.39, 0.29) is 18.5 Å². The van der Waals surface area contributed by atoms with E-state index in [0.29, 0.717) is 16.3 Å². The minimum absolute atomic E-state index is 0.0901. The van der Waals surface area contributed by atoms with Crippen LogP contribution in [0, 0.1) is 5.82 Å². The van der Waals surface area contributed by atoms with Crippen molar-refractivity contribution in [1.82, 2.24) is 0 Å². The van der Waals surface area contributed by atoms with Crippen molar-refractivity contribution in [2.24, 2.45) is 0 Å². The average Bonchev–Trinajstić information content (AvgIpc) is 2.79. The van der Waals surface area contributed by atoms with Crippen molar-refractivity contribution in [1.29, 1.82) is 0 Å². The molecule has 2 aromatic carbocycles. The SMILES string of the molecule is O[C@H]1CCc2cc(OCc3c(F)cccc3Cl)ccc21. The van der Waals surface area contributed by atoms with E-state index in [4.69, 9.17) is 16.3 Å². The Morgan fingerprint density at radius 3 is 2.95 bits per heavy atom. The van der Waals surface area contributed by atoms with Crippen molar-refractivity contribution in [3.63, 3.8) is 0 Å². The molecule has 0 amide bonds. The Kier molecular flexibility index (Phi) is 3.64. The van der Waals surface area contributed by atoms with Crippen molar-refractivity contribution in [3.8, 4) is 5.75 Å². The Hall–Kier alpha value is -1.58. The van der Waals surface area contributed by atoms with Crippen LogP contribution in [0.15, 0.2) is 36.4 Å². The van der Waals surface area contributed by atoms with E-state index in [9.17, 15) is 9.50 Å². The van der Waals surface area contributed by atoms with E-state index < -0.39 is 0 Å². The number of benzene rings is 2. The van der Waals surface area contributed by atoms with Crippen LogP contribution >= 0.6 is 11.6 Å². The number of halogens is 2. The number of fused-ring (bicyclic) bond motifs is 1. The summed E-state index contributed by atoms with van der Waals surface area (Å²) in [6, 6.07) is 10.1. The summed E-state index contributed by atoms with van der Waals surface area (Å²) in [6.07, 6.45) is 1.21. The summed E-state index contributed by atoms with van der Waals surface area (Å²) in [5.41, 5.74) is 2.41. The molecule has 1 N–H and O–H groups in total. The first-order chi connectivity index (χ1) is 9.65. The Morgan fingerprint density at radius 2 is 2.15 bits per heavy atom. The fraction of sp³-hybridized carbons (Fsp3) is 0.250. The van der Waals surface area contributed by atoms with Gasteiger partial charge in [-0.2, -0.15) is 0 Å². The lowest BCUT2D eigenvalue weighted by Gasteiger charge is -2.10. The molecule has 4 heteroatoms. The van der Waals surface area contributed by atoms with E-state index in [1.165, 1.54) is 6.07 Å². The van der Waals surface area contributed by atoms with Gasteiger partial charge in [-0.3, -0.25) is 0 Å². The highest BCUT2D eigenvalue weighted by Crippen LogP contribution is 2.33. The molecule has 0 aromatic heterocycles. The lowest BCUT2D eigenvalue weighted by Crippen LogP contribution is -2.00. The fourth-order valence-corrected chi connectivity index (χ4v) is 2.70. The number of hydrogen-bond acceptors (Lipinski definition) is 2. The predicted molar refractivity (Wildman–Crippen MR) is 75.5 cm³/mol. The second-order valence-electron chi connectivity index (χ2n) is 4.90. The molecule has 2 nitrogen and oxygen atoms in total. The normalized spacial score (nSPS) is 17.1. The molecule has 0 unspecified atom stereocenters. The van der Waals surface area contributed by atoms with Gasteiger partial charge in [0, 0.05) is 5.56 Å². The Labute approximate surface area is 121 Å². The number of ether oxygens (including phenoxy) is 1. The van der Waals surface area contributed by atoms with Gasteiger partial charge in [-0.1, -0.05) is 23.7 Å². The lowest BCUT2D eigenvalue weighted by atomic mass is 10.1. The van der Waals surface area contributed by atoms with Crippen LogP contribution in [-0.4, -0.2) is 5.11 Å². The van der Waals surface area contributed by atoms with Crippen LogP contribution in [-0.2, 0) is 13.0 Å². The molecule has 0 bridgehead atoms. The third-order valence-corrected chi connectivity index (χ3v) is 3.96. The highest BCUT2D eigenvalue weighted by Gasteiger charge is 2.20. The van der Waals surface area contributed by atoms with Crippen molar-refractivity contribution in [2.75, 3.05) is 0 Å². The molecular weight excluding hydrogens is 279 g/mol. The number of hydrogen-bond donors (Lipinski definition) is 1. The summed E-state index contributed by atoms with van der Waals surface area (Å²) in [6.45, 7) is 0.0901. The summed E-state index contributed by atoms with van der Waals surface area (Å²) in [5.74, 6) is 0.297. The zero-order chi connectivity index (χ0) is 14.1. The Balaban J connectivity index is 1.76. The average molecular weight is 293 g/mol. The van der Waals surface area contributed by atoms with Crippen molar-refractivity contribution < 1.29 is 14.2 Å². The van der Waals surface area contributed by atoms with Crippen LogP contribution in [0.3, 0.4) is 0 Å². The molecule has 0 aliphatic heterocycles. The van der Waals surface area contributed by atoms with Crippen molar-refractivity contribution >= 4 is 11.6 Å². The first-order valence-corrected chi connectivity index (χ1v) is 6.89. The van der Waals surface area contributed by atoms with Crippen LogP contribution in [0.5, 0.6) is 5.75 Å². The molecule has 0 fully saturated rings. The molecular formula is C16H14ClFO2. The number of aliphatic hydroxyl groups is 1. The van der Waals surface area contributed by atoms with E-state index >= 15 is 0 Å². The molecule has 3 rings (SSSR count). The second kappa shape index (κ2) is 5.43. The zero-order valence-electron chi connectivity index (χ0n) is 10.8. The minimum atomic E-state index is -0.375. The largest absolute Gasteiger partial charge is 0.489 e. The zero-order valence-corrected chi connectivity index (χ0v) is 11.5. The maximum atomic E-state index is 13.6. The third-order valence-electron chi connectivity index (χ3n) is 3.61. The molecule has 0 saturated heterocycles. The Bertz CT molecular complexity index is 622. The monoisotopic (exact) mass is 292 g/mol. The van der Waals surface area contributed by atoms with Gasteiger partial charge in [-0.05, 0) is 48.2 Å². The van der Waals surface area contributed by atoms with Crippen LogP contribution in [0.2, 0.25) is 5.02 Å². The number of aliphatic hydroxyl groups excluding tert-OH is 1. The van der Waals surface area contributed by atoms with E-state index in [1.54, 1.807) is 18.2 Å². The topological polar surface area (TPSA) is 29.5 Å². The maximum absolute atomic E-state index is 13.6. The third kappa shape index (κ3) is 2.51. The van der Waals surface area contributed by atoms with Gasteiger partial charge in [0.2, 0.25) is 0 Å². The van der Waals surface area contributed by atoms with Crippen molar-refractivity contribution in [2.45, 2.75) is 25.6 Å². The van der Waals surface area contributed by atoms with Gasteiger partial charge in [0.1, 0.15) is 18.2 Å². The number of rotatable bonds is 3. The van der Waals surface area contributed by atoms with Gasteiger partial charge in [0.15, 0.2) is 0 Å². The molecule has 1 aliphatic rings. The van der Waals surface area contributed by atoms with Gasteiger partial charge in [0.25, 0.3) is 0 Å². The maximum Gasteiger partial charge on any atom is 0.131 e. The van der Waals surface area contributed by atoms with Gasteiger partial charge >= 0.3 is 0 Å². The molecule has 20 heavy (non-hydrogen) atoms. The molecule has 0 heterocycles. The standard InChI is InChI=1S/C16H14ClFO2/c17-14-2-1-3-15(18)13(14)9-20-11-5-6-12-10(8-11)4-7-16(12)19/h1-3,5-6,8,16,19H,4,7,9H2/t16-/m0/s1. The molecule has 0 saturated carbocycles. The summed E-state index contributed by atoms with van der Waals surface area (Å²) < 4.78 is 19.2. The molecule has 2 aromatic rings. The summed E-state index contributed by atoms with van der Waals surface area (Å²) in [4.78, 5) is 0. The minimum Gasteiger partial charge on any atom is -0.489 e. The van der Waals surface area contributed by atoms with Gasteiger partial charge in [-0.25, -0.2) is 4.39 Å². The molecule has 104 valence electrons. The Morgan fingerprint density at radius 1 is 1.30 bits per heavy atom. The van der Waals surface area contributed by atoms with E-state index in [1.807, 2.05) is 12.1 Å². The smallest absolute Gasteiger partial charge is 0.131 e. The summed E-state index contributed by atoms with van der Waals surface area (Å²) in [7, 11) is 0. The summed E-state index contributed by atoms with van der Waals surface area (Å²) in [5, 5.41) is 10.1. The van der Waals surface area contributed by atoms with E-state index in [0.717, 1.165) is 24.0 Å². The summed E-state index contributed by atoms with van der Waals surface area (Å²) >= 11 is 5.96. The highest BCUT2D eigenvalue weighted by molar-refractivity contribution is 6.31. The van der Waals surface area contributed by atoms with Gasteiger partial charge < -0.3 is 9.84 Å². The van der Waals surface area contributed by atoms with Crippen molar-refractivity contribution in [3.05, 3.63) is 63.9 Å². The first-order valence-electron chi connectivity index (χ1n) is 6.52. The van der Waals surface area contributed by atoms with Crippen LogP contribution < -0.4 is 4.74 Å². The number of aryl methyl sites for hydroxylation is 1. The van der Waals surface area contributed by atoms with E-state index in [2.05, 4.69) is 0 Å². The molecule has 1 aliphatic carbocycles. The highest BCUT2D eigenvalue weighted by atomic mass is 35.5. The fourth-order valence-electron chi connectivity index (χ4n) is 2.49. The molecule has 0 spiro atoms. The first kappa shape index (κ1) is 13.4. The van der Waals surface area contributed by atoms with Crippen LogP contribution in [0.4, 0.5) is 4.39 Å². The predicted octanol–water partition coefficient (Wildman–Crippen LogP) is 4.04. The van der Waals surface area contributed by atoms with Gasteiger partial charge in [0.05, 0.1) is 11.1 Å². The molecule has 1 atom stereocenters. The quantitative estimate of drug-likeness (QED) is 0.925. The molecule has 0 radical (unpaired) electrons.